The minimum Gasteiger partial charge on any atom is -0.456 e. The van der Waals surface area contributed by atoms with Crippen molar-refractivity contribution in [2.75, 3.05) is 0 Å². The number of para-hydroxylation sites is 2. The van der Waals surface area contributed by atoms with Crippen molar-refractivity contribution in [2.24, 2.45) is 4.99 Å². The summed E-state index contributed by atoms with van der Waals surface area (Å²) in [4.78, 5) is 5.46. The molecule has 0 spiro atoms. The second kappa shape index (κ2) is 16.3. The first-order chi connectivity index (χ1) is 35.0. The highest BCUT2D eigenvalue weighted by atomic mass is 16.3. The minimum atomic E-state index is -0.269. The van der Waals surface area contributed by atoms with Gasteiger partial charge < -0.3 is 14.3 Å². The maximum atomic E-state index is 6.65. The van der Waals surface area contributed by atoms with Crippen LogP contribution in [0.4, 0.5) is 0 Å². The molecule has 0 saturated carbocycles. The van der Waals surface area contributed by atoms with Crippen molar-refractivity contribution in [2.45, 2.75) is 26.2 Å². The van der Waals surface area contributed by atoms with Gasteiger partial charge in [-0.15, -0.1) is 0 Å². The molecule has 13 aromatic rings. The highest BCUT2D eigenvalue weighted by Gasteiger charge is 2.28. The van der Waals surface area contributed by atoms with Gasteiger partial charge in [0.25, 0.3) is 0 Å². The molecule has 3 aromatic heterocycles. The Morgan fingerprint density at radius 2 is 1.04 bits per heavy atom. The monoisotopic (exact) mass is 913 g/mol. The second-order valence-corrected chi connectivity index (χ2v) is 18.8. The lowest BCUT2D eigenvalue weighted by Gasteiger charge is -2.32. The molecule has 10 aromatic carbocycles. The van der Waals surface area contributed by atoms with Crippen LogP contribution in [0.25, 0.3) is 105 Å². The Morgan fingerprint density at radius 1 is 0.423 bits per heavy atom. The molecule has 2 unspecified atom stereocenters. The Kier molecular flexibility index (Phi) is 9.44. The van der Waals surface area contributed by atoms with Crippen molar-refractivity contribution in [1.82, 2.24) is 19.8 Å². The summed E-state index contributed by atoms with van der Waals surface area (Å²) in [5.74, 6) is 0.795. The van der Waals surface area contributed by atoms with Crippen molar-refractivity contribution in [1.29, 1.82) is 0 Å². The number of furan rings is 1. The van der Waals surface area contributed by atoms with Crippen molar-refractivity contribution < 1.29 is 4.42 Å². The van der Waals surface area contributed by atoms with Crippen LogP contribution >= 0.6 is 0 Å². The number of nitrogens with zero attached hydrogens (tertiary/aromatic N) is 3. The van der Waals surface area contributed by atoms with Crippen molar-refractivity contribution >= 4 is 71.5 Å². The summed E-state index contributed by atoms with van der Waals surface area (Å²) in [6.07, 6.45) is -0.444. The third-order valence-corrected chi connectivity index (χ3v) is 14.8. The van der Waals surface area contributed by atoms with E-state index in [-0.39, 0.29) is 12.3 Å². The molecule has 0 fully saturated rings. The first-order valence-corrected chi connectivity index (χ1v) is 24.4. The van der Waals surface area contributed by atoms with Gasteiger partial charge in [0.15, 0.2) is 0 Å². The number of rotatable bonds is 6. The smallest absolute Gasteiger partial charge is 0.206 e. The number of nitrogens with one attached hydrogen (secondary N) is 2. The topological polar surface area (TPSA) is 59.4 Å². The molecule has 0 amide bonds. The summed E-state index contributed by atoms with van der Waals surface area (Å²) >= 11 is 0. The number of hydrogen-bond acceptors (Lipinski definition) is 4. The fourth-order valence-corrected chi connectivity index (χ4v) is 11.4. The van der Waals surface area contributed by atoms with Crippen molar-refractivity contribution in [3.05, 3.63) is 247 Å². The van der Waals surface area contributed by atoms with Gasteiger partial charge in [0, 0.05) is 38.0 Å². The number of hydrogen-bond donors (Lipinski definition) is 2. The van der Waals surface area contributed by atoms with Crippen LogP contribution in [0.5, 0.6) is 0 Å². The number of aryl methyl sites for hydroxylation is 2. The summed E-state index contributed by atoms with van der Waals surface area (Å²) in [6, 6.07) is 80.7. The van der Waals surface area contributed by atoms with E-state index in [9.17, 15) is 0 Å². The highest BCUT2D eigenvalue weighted by Crippen LogP contribution is 2.43. The summed E-state index contributed by atoms with van der Waals surface area (Å²) in [5.41, 5.74) is 19.2. The SMILES string of the molecule is Cc1ccccc1-c1ccc2c(c1C)c1cc(-c3ccc4oc5cccc(-c6ccc7c(c6)c6ccccc6n7-c6ccccc6)c5c4c3)ccc1n2C1=NC(c2ccccc2)NC(c2ccccc2)N1. The molecule has 6 nitrogen and oxygen atoms in total. The van der Waals surface area contributed by atoms with Gasteiger partial charge in [-0.3, -0.25) is 9.88 Å². The van der Waals surface area contributed by atoms with Gasteiger partial charge in [0.2, 0.25) is 5.96 Å². The van der Waals surface area contributed by atoms with Crippen LogP contribution < -0.4 is 10.6 Å². The van der Waals surface area contributed by atoms with E-state index in [2.05, 4.69) is 258 Å². The van der Waals surface area contributed by atoms with Crippen molar-refractivity contribution in [3.63, 3.8) is 0 Å². The number of aliphatic imine (C=N–C) groups is 1. The molecule has 0 saturated heterocycles. The Hall–Kier alpha value is -8.97. The molecule has 0 radical (unpaired) electrons. The van der Waals surface area contributed by atoms with Crippen LogP contribution in [0, 0.1) is 13.8 Å². The Morgan fingerprint density at radius 3 is 1.85 bits per heavy atom. The molecule has 1 aliphatic heterocycles. The first-order valence-electron chi connectivity index (χ1n) is 24.4. The summed E-state index contributed by atoms with van der Waals surface area (Å²) in [6.45, 7) is 4.48. The quantitative estimate of drug-likeness (QED) is 0.175. The molecule has 14 rings (SSSR count). The zero-order valence-electron chi connectivity index (χ0n) is 39.3. The van der Waals surface area contributed by atoms with E-state index in [1.165, 1.54) is 54.8 Å². The Bertz CT molecular complexity index is 4260. The van der Waals surface area contributed by atoms with Gasteiger partial charge in [-0.05, 0) is 136 Å². The number of fused-ring (bicyclic) bond motifs is 9. The maximum absolute atomic E-state index is 6.65. The van der Waals surface area contributed by atoms with E-state index in [0.717, 1.165) is 78.0 Å². The number of aromatic nitrogens is 2. The van der Waals surface area contributed by atoms with Gasteiger partial charge in [-0.1, -0.05) is 158 Å². The summed E-state index contributed by atoms with van der Waals surface area (Å²) < 4.78 is 11.4. The van der Waals surface area contributed by atoms with Crippen LogP contribution in [0.2, 0.25) is 0 Å². The van der Waals surface area contributed by atoms with Crippen LogP contribution in [0.1, 0.15) is 34.6 Å². The largest absolute Gasteiger partial charge is 0.456 e. The zero-order chi connectivity index (χ0) is 47.2. The minimum absolute atomic E-state index is 0.175. The molecule has 0 aliphatic carbocycles. The van der Waals surface area contributed by atoms with E-state index in [1.807, 2.05) is 0 Å². The lowest BCUT2D eigenvalue weighted by Crippen LogP contribution is -2.47. The molecule has 6 heteroatoms. The van der Waals surface area contributed by atoms with E-state index in [4.69, 9.17) is 9.41 Å². The Labute approximate surface area is 410 Å². The predicted octanol–water partition coefficient (Wildman–Crippen LogP) is 16.2. The molecule has 0 bridgehead atoms. The van der Waals surface area contributed by atoms with Crippen LogP contribution in [0.15, 0.2) is 234 Å². The molecule has 2 atom stereocenters. The van der Waals surface area contributed by atoms with Gasteiger partial charge >= 0.3 is 0 Å². The Balaban J connectivity index is 0.947. The lowest BCUT2D eigenvalue weighted by atomic mass is 9.93. The molecule has 2 N–H and O–H groups in total. The standard InChI is InChI=1S/C65H47N5O/c1-40-17-12-13-24-48(40)49-32-35-58-61(41(49)2)53-37-44(29-33-57(53)70(58)65-67-63(42-18-6-3-7-19-42)66-64(68-65)43-20-8-4-9-21-43)45-31-36-59-54(38-45)62-50(26-16-28-60(62)71-59)46-30-34-56-52(39-46)51-25-14-15-27-55(51)69(56)47-22-10-5-11-23-47/h3-39,63-64,66H,1-2H3,(H,67,68). The highest BCUT2D eigenvalue weighted by molar-refractivity contribution is 6.19. The molecule has 4 heterocycles. The number of benzene rings is 10. The first kappa shape index (κ1) is 41.0. The summed E-state index contributed by atoms with van der Waals surface area (Å²) in [5, 5.41) is 14.7. The van der Waals surface area contributed by atoms with Crippen LogP contribution in [0.3, 0.4) is 0 Å². The molecular formula is C65H47N5O. The third-order valence-electron chi connectivity index (χ3n) is 14.8. The third kappa shape index (κ3) is 6.63. The van der Waals surface area contributed by atoms with E-state index < -0.39 is 0 Å². The molecular weight excluding hydrogens is 867 g/mol. The van der Waals surface area contributed by atoms with Gasteiger partial charge in [-0.25, -0.2) is 4.99 Å². The average Bonchev–Trinajstić information content (AvgIpc) is 4.09. The molecule has 1 aliphatic rings. The fourth-order valence-electron chi connectivity index (χ4n) is 11.4. The van der Waals surface area contributed by atoms with E-state index >= 15 is 0 Å². The van der Waals surface area contributed by atoms with Gasteiger partial charge in [0.05, 0.1) is 22.1 Å². The normalized spacial score (nSPS) is 15.0. The molecule has 71 heavy (non-hydrogen) atoms. The lowest BCUT2D eigenvalue weighted by molar-refractivity contribution is 0.403. The van der Waals surface area contributed by atoms with E-state index in [1.54, 1.807) is 0 Å². The predicted molar refractivity (Wildman–Crippen MR) is 294 cm³/mol. The molecule has 338 valence electrons. The van der Waals surface area contributed by atoms with E-state index in [0.29, 0.717) is 0 Å². The second-order valence-electron chi connectivity index (χ2n) is 18.8. The van der Waals surface area contributed by atoms with Crippen molar-refractivity contribution in [3.8, 4) is 39.1 Å². The zero-order valence-corrected chi connectivity index (χ0v) is 39.3. The fraction of sp³-hybridized carbons (Fsp3) is 0.0615. The van der Waals surface area contributed by atoms with Crippen LogP contribution in [-0.4, -0.2) is 15.1 Å². The van der Waals surface area contributed by atoms with Gasteiger partial charge in [0.1, 0.15) is 23.5 Å². The summed E-state index contributed by atoms with van der Waals surface area (Å²) in [7, 11) is 0. The maximum Gasteiger partial charge on any atom is 0.206 e. The average molecular weight is 914 g/mol. The van der Waals surface area contributed by atoms with Crippen LogP contribution in [-0.2, 0) is 0 Å². The van der Waals surface area contributed by atoms with Gasteiger partial charge in [-0.2, -0.15) is 0 Å².